The molecule has 0 bridgehead atoms. The minimum atomic E-state index is -0.917. The number of urea groups is 1. The maximum absolute atomic E-state index is 12.1. The van der Waals surface area contributed by atoms with Crippen molar-refractivity contribution in [1.82, 2.24) is 9.88 Å². The molecule has 112 valence electrons. The van der Waals surface area contributed by atoms with Gasteiger partial charge in [-0.1, -0.05) is 13.8 Å². The molecule has 20 heavy (non-hydrogen) atoms. The summed E-state index contributed by atoms with van der Waals surface area (Å²) in [6.07, 6.45) is -0.0730. The van der Waals surface area contributed by atoms with Gasteiger partial charge in [-0.05, 0) is 19.8 Å². The van der Waals surface area contributed by atoms with Crippen molar-refractivity contribution in [3.8, 4) is 0 Å². The lowest BCUT2D eigenvalue weighted by atomic mass is 10.2. The second-order valence-corrected chi connectivity index (χ2v) is 5.75. The molecule has 0 saturated heterocycles. The van der Waals surface area contributed by atoms with Crippen LogP contribution < -0.4 is 5.32 Å². The van der Waals surface area contributed by atoms with Crippen LogP contribution in [0.4, 0.5) is 9.93 Å². The molecule has 0 aliphatic rings. The van der Waals surface area contributed by atoms with Gasteiger partial charge in [-0.25, -0.2) is 9.78 Å². The van der Waals surface area contributed by atoms with Gasteiger partial charge in [-0.2, -0.15) is 0 Å². The number of nitrogens with one attached hydrogen (secondary N) is 1. The van der Waals surface area contributed by atoms with Crippen molar-refractivity contribution in [3.63, 3.8) is 0 Å². The molecule has 2 amide bonds. The molecule has 1 heterocycles. The SMILES string of the molecule is CCN(C(=O)Nc1nc(C(C)C)cs1)C(C)CC(=O)O. The first-order valence-corrected chi connectivity index (χ1v) is 7.47. The van der Waals surface area contributed by atoms with Gasteiger partial charge >= 0.3 is 12.0 Å². The van der Waals surface area contributed by atoms with Crippen molar-refractivity contribution in [1.29, 1.82) is 0 Å². The summed E-state index contributed by atoms with van der Waals surface area (Å²) >= 11 is 1.37. The number of anilines is 1. The minimum Gasteiger partial charge on any atom is -0.481 e. The molecule has 0 aliphatic carbocycles. The molecule has 6 nitrogen and oxygen atoms in total. The van der Waals surface area contributed by atoms with Crippen molar-refractivity contribution in [2.24, 2.45) is 0 Å². The Labute approximate surface area is 122 Å². The molecule has 0 spiro atoms. The fourth-order valence-electron chi connectivity index (χ4n) is 1.79. The number of carboxylic acids is 1. The van der Waals surface area contributed by atoms with Crippen LogP contribution in [0.3, 0.4) is 0 Å². The van der Waals surface area contributed by atoms with E-state index in [1.165, 1.54) is 16.2 Å². The average molecular weight is 299 g/mol. The maximum atomic E-state index is 12.1. The summed E-state index contributed by atoms with van der Waals surface area (Å²) in [6.45, 7) is 8.06. The normalized spacial score (nSPS) is 12.2. The van der Waals surface area contributed by atoms with Crippen LogP contribution in [-0.2, 0) is 4.79 Å². The van der Waals surface area contributed by atoms with Crippen molar-refractivity contribution >= 4 is 28.5 Å². The average Bonchev–Trinajstić information content (AvgIpc) is 2.77. The van der Waals surface area contributed by atoms with Gasteiger partial charge in [0.05, 0.1) is 12.1 Å². The van der Waals surface area contributed by atoms with E-state index < -0.39 is 5.97 Å². The van der Waals surface area contributed by atoms with E-state index in [0.29, 0.717) is 17.6 Å². The molecule has 0 aliphatic heterocycles. The van der Waals surface area contributed by atoms with Crippen LogP contribution in [0.15, 0.2) is 5.38 Å². The second-order valence-electron chi connectivity index (χ2n) is 4.90. The summed E-state index contributed by atoms with van der Waals surface area (Å²) in [6, 6.07) is -0.673. The Morgan fingerprint density at radius 2 is 2.10 bits per heavy atom. The highest BCUT2D eigenvalue weighted by atomic mass is 32.1. The number of rotatable bonds is 6. The van der Waals surface area contributed by atoms with Crippen LogP contribution >= 0.6 is 11.3 Å². The smallest absolute Gasteiger partial charge is 0.323 e. The number of carboxylic acid groups (broad SMARTS) is 1. The van der Waals surface area contributed by atoms with Crippen LogP contribution in [-0.4, -0.2) is 39.6 Å². The molecule has 0 radical (unpaired) electrons. The lowest BCUT2D eigenvalue weighted by molar-refractivity contribution is -0.137. The van der Waals surface area contributed by atoms with Crippen molar-refractivity contribution in [3.05, 3.63) is 11.1 Å². The number of aliphatic carboxylic acids is 1. The first kappa shape index (κ1) is 16.4. The van der Waals surface area contributed by atoms with Crippen molar-refractivity contribution in [2.75, 3.05) is 11.9 Å². The predicted octanol–water partition coefficient (Wildman–Crippen LogP) is 2.98. The molecule has 1 aromatic rings. The van der Waals surface area contributed by atoms with E-state index in [9.17, 15) is 9.59 Å². The number of amides is 2. The Balaban J connectivity index is 2.69. The third-order valence-electron chi connectivity index (χ3n) is 2.93. The van der Waals surface area contributed by atoms with Gasteiger partial charge in [0, 0.05) is 18.0 Å². The summed E-state index contributed by atoms with van der Waals surface area (Å²) in [5.74, 6) is -0.606. The third-order valence-corrected chi connectivity index (χ3v) is 3.71. The number of aromatic nitrogens is 1. The van der Waals surface area contributed by atoms with Crippen molar-refractivity contribution < 1.29 is 14.7 Å². The highest BCUT2D eigenvalue weighted by Gasteiger charge is 2.21. The van der Waals surface area contributed by atoms with Gasteiger partial charge in [-0.15, -0.1) is 11.3 Å². The quantitative estimate of drug-likeness (QED) is 0.846. The van der Waals surface area contributed by atoms with E-state index in [1.807, 2.05) is 26.2 Å². The molecular weight excluding hydrogens is 278 g/mol. The molecule has 7 heteroatoms. The van der Waals surface area contributed by atoms with E-state index in [0.717, 1.165) is 5.69 Å². The molecule has 0 saturated carbocycles. The molecule has 0 aromatic carbocycles. The van der Waals surface area contributed by atoms with E-state index in [-0.39, 0.29) is 18.5 Å². The Bertz CT molecular complexity index is 473. The summed E-state index contributed by atoms with van der Waals surface area (Å²) < 4.78 is 0. The highest BCUT2D eigenvalue weighted by molar-refractivity contribution is 7.13. The molecule has 1 atom stereocenters. The first-order chi connectivity index (χ1) is 9.35. The van der Waals surface area contributed by atoms with Gasteiger partial charge < -0.3 is 10.0 Å². The summed E-state index contributed by atoms with van der Waals surface area (Å²) in [5.41, 5.74) is 0.937. The number of thiazole rings is 1. The first-order valence-electron chi connectivity index (χ1n) is 6.60. The largest absolute Gasteiger partial charge is 0.481 e. The lowest BCUT2D eigenvalue weighted by Crippen LogP contribution is -2.42. The molecule has 0 fully saturated rings. The summed E-state index contributed by atoms with van der Waals surface area (Å²) in [4.78, 5) is 28.7. The number of nitrogens with zero attached hydrogens (tertiary/aromatic N) is 2. The Kier molecular flexibility index (Phi) is 5.94. The standard InChI is InChI=1S/C13H21N3O3S/c1-5-16(9(4)6-11(17)18)13(19)15-12-14-10(7-20-12)8(2)3/h7-9H,5-6H2,1-4H3,(H,17,18)(H,14,15,19). The number of carbonyl (C=O) groups is 2. The lowest BCUT2D eigenvalue weighted by Gasteiger charge is -2.26. The van der Waals surface area contributed by atoms with Crippen LogP contribution in [0.5, 0.6) is 0 Å². The van der Waals surface area contributed by atoms with Gasteiger partial charge in [0.25, 0.3) is 0 Å². The number of hydrogen-bond donors (Lipinski definition) is 2. The van der Waals surface area contributed by atoms with E-state index >= 15 is 0 Å². The highest BCUT2D eigenvalue weighted by Crippen LogP contribution is 2.22. The predicted molar refractivity (Wildman–Crippen MR) is 79.3 cm³/mol. The van der Waals surface area contributed by atoms with Gasteiger partial charge in [0.1, 0.15) is 0 Å². The van der Waals surface area contributed by atoms with Crippen LogP contribution in [0.25, 0.3) is 0 Å². The topological polar surface area (TPSA) is 82.5 Å². The molecule has 2 N–H and O–H groups in total. The van der Waals surface area contributed by atoms with Crippen molar-refractivity contribution in [2.45, 2.75) is 46.1 Å². The fourth-order valence-corrected chi connectivity index (χ4v) is 2.65. The Morgan fingerprint density at radius 1 is 1.45 bits per heavy atom. The second kappa shape index (κ2) is 7.23. The van der Waals surface area contributed by atoms with E-state index in [2.05, 4.69) is 10.3 Å². The Morgan fingerprint density at radius 3 is 2.55 bits per heavy atom. The number of carbonyl (C=O) groups excluding carboxylic acids is 1. The fraction of sp³-hybridized carbons (Fsp3) is 0.615. The molecule has 1 rings (SSSR count). The van der Waals surface area contributed by atoms with Gasteiger partial charge in [0.2, 0.25) is 0 Å². The maximum Gasteiger partial charge on any atom is 0.323 e. The van der Waals surface area contributed by atoms with Gasteiger partial charge in [0.15, 0.2) is 5.13 Å². The van der Waals surface area contributed by atoms with E-state index in [1.54, 1.807) is 6.92 Å². The zero-order valence-electron chi connectivity index (χ0n) is 12.2. The zero-order valence-corrected chi connectivity index (χ0v) is 13.0. The van der Waals surface area contributed by atoms with Crippen LogP contribution in [0.2, 0.25) is 0 Å². The minimum absolute atomic E-state index is 0.0730. The summed E-state index contributed by atoms with van der Waals surface area (Å²) in [5, 5.41) is 14.0. The monoisotopic (exact) mass is 299 g/mol. The van der Waals surface area contributed by atoms with Gasteiger partial charge in [-0.3, -0.25) is 10.1 Å². The summed E-state index contributed by atoms with van der Waals surface area (Å²) in [7, 11) is 0. The van der Waals surface area contributed by atoms with Crippen LogP contribution in [0, 0.1) is 0 Å². The molecular formula is C13H21N3O3S. The van der Waals surface area contributed by atoms with Crippen LogP contribution in [0.1, 0.15) is 45.7 Å². The third kappa shape index (κ3) is 4.48. The molecule has 1 aromatic heterocycles. The van der Waals surface area contributed by atoms with E-state index in [4.69, 9.17) is 5.11 Å². The molecule has 1 unspecified atom stereocenters. The number of hydrogen-bond acceptors (Lipinski definition) is 4. The zero-order chi connectivity index (χ0) is 15.3. The Hall–Kier alpha value is -1.63.